The first-order valence-corrected chi connectivity index (χ1v) is 29.0. The molecule has 3 unspecified atom stereocenters. The van der Waals surface area contributed by atoms with Crippen molar-refractivity contribution < 1.29 is 24.5 Å². The van der Waals surface area contributed by atoms with Crippen molar-refractivity contribution in [2.45, 2.75) is 309 Å². The first kappa shape index (κ1) is 64.6. The lowest BCUT2D eigenvalue weighted by atomic mass is 10.0. The Bertz CT molecular complexity index is 1190. The van der Waals surface area contributed by atoms with E-state index in [-0.39, 0.29) is 24.9 Å². The summed E-state index contributed by atoms with van der Waals surface area (Å²) in [5, 5.41) is 23.8. The number of carbonyl (C=O) groups excluding carboxylic acids is 2. The summed E-state index contributed by atoms with van der Waals surface area (Å²) in [6, 6.07) is -0.722. The zero-order chi connectivity index (χ0) is 48.8. The van der Waals surface area contributed by atoms with Crippen molar-refractivity contribution >= 4 is 11.9 Å². The summed E-state index contributed by atoms with van der Waals surface area (Å²) in [5.41, 5.74) is 0. The number of amides is 1. The van der Waals surface area contributed by atoms with Crippen LogP contribution in [-0.4, -0.2) is 46.9 Å². The van der Waals surface area contributed by atoms with E-state index in [4.69, 9.17) is 4.74 Å². The molecule has 0 spiro atoms. The second-order valence-corrected chi connectivity index (χ2v) is 19.7. The third kappa shape index (κ3) is 49.8. The van der Waals surface area contributed by atoms with E-state index in [1.54, 1.807) is 0 Å². The number of hydrogen-bond donors (Lipinski definition) is 3. The Morgan fingerprint density at radius 2 is 0.776 bits per heavy atom. The molecule has 0 rings (SSSR count). The highest BCUT2D eigenvalue weighted by Gasteiger charge is 2.24. The van der Waals surface area contributed by atoms with Crippen LogP contribution in [0.25, 0.3) is 0 Å². The van der Waals surface area contributed by atoms with Gasteiger partial charge in [-0.25, -0.2) is 0 Å². The quantitative estimate of drug-likeness (QED) is 0.0321. The second-order valence-electron chi connectivity index (χ2n) is 19.7. The van der Waals surface area contributed by atoms with Gasteiger partial charge in [-0.1, -0.05) is 248 Å². The number of carbonyl (C=O) groups is 2. The maximum Gasteiger partial charge on any atom is 0.306 e. The molecule has 67 heavy (non-hydrogen) atoms. The van der Waals surface area contributed by atoms with Crippen LogP contribution in [0.3, 0.4) is 0 Å². The average Bonchev–Trinajstić information content (AvgIpc) is 3.32. The first-order chi connectivity index (χ1) is 33.0. The van der Waals surface area contributed by atoms with Gasteiger partial charge in [-0.2, -0.15) is 0 Å². The molecule has 0 saturated carbocycles. The maximum absolute atomic E-state index is 13.3. The van der Waals surface area contributed by atoms with Crippen LogP contribution in [0, 0.1) is 0 Å². The minimum atomic E-state index is -0.805. The number of nitrogens with one attached hydrogen (secondary N) is 1. The van der Waals surface area contributed by atoms with E-state index >= 15 is 0 Å². The highest BCUT2D eigenvalue weighted by Crippen LogP contribution is 2.17. The Kier molecular flexibility index (Phi) is 52.5. The second kappa shape index (κ2) is 54.5. The van der Waals surface area contributed by atoms with Gasteiger partial charge < -0.3 is 20.3 Å². The largest absolute Gasteiger partial charge is 0.462 e. The Morgan fingerprint density at radius 3 is 1.22 bits per heavy atom. The molecule has 0 fully saturated rings. The van der Waals surface area contributed by atoms with E-state index in [1.165, 1.54) is 167 Å². The number of hydrogen-bond acceptors (Lipinski definition) is 5. The van der Waals surface area contributed by atoms with Crippen molar-refractivity contribution in [2.75, 3.05) is 6.61 Å². The van der Waals surface area contributed by atoms with Gasteiger partial charge in [-0.3, -0.25) is 9.59 Å². The average molecular weight is 939 g/mol. The van der Waals surface area contributed by atoms with Crippen LogP contribution in [0.2, 0.25) is 0 Å². The van der Waals surface area contributed by atoms with E-state index in [2.05, 4.69) is 86.8 Å². The van der Waals surface area contributed by atoms with Gasteiger partial charge in [0.05, 0.1) is 25.2 Å². The van der Waals surface area contributed by atoms with Crippen molar-refractivity contribution in [2.24, 2.45) is 0 Å². The van der Waals surface area contributed by atoms with Gasteiger partial charge in [0.1, 0.15) is 6.10 Å². The lowest BCUT2D eigenvalue weighted by molar-refractivity contribution is -0.151. The molecular weight excluding hydrogens is 827 g/mol. The van der Waals surface area contributed by atoms with Crippen LogP contribution in [-0.2, 0) is 14.3 Å². The highest BCUT2D eigenvalue weighted by atomic mass is 16.5. The molecule has 1 amide bonds. The van der Waals surface area contributed by atoms with E-state index in [0.29, 0.717) is 19.3 Å². The number of ether oxygens (including phenoxy) is 1. The van der Waals surface area contributed by atoms with Crippen molar-refractivity contribution in [3.63, 3.8) is 0 Å². The molecule has 0 aromatic rings. The molecule has 0 aromatic heterocycles. The van der Waals surface area contributed by atoms with Gasteiger partial charge in [-0.05, 0) is 89.9 Å². The number of aliphatic hydroxyl groups excluding tert-OH is 2. The predicted molar refractivity (Wildman–Crippen MR) is 292 cm³/mol. The number of aliphatic hydroxyl groups is 2. The summed E-state index contributed by atoms with van der Waals surface area (Å²) < 4.78 is 5.93. The molecule has 0 aromatic carbocycles. The number of rotatable bonds is 52. The lowest BCUT2D eigenvalue weighted by Crippen LogP contribution is -2.46. The van der Waals surface area contributed by atoms with E-state index < -0.39 is 18.2 Å². The number of unbranched alkanes of at least 4 members (excludes halogenated alkanes) is 30. The number of esters is 1. The third-order valence-electron chi connectivity index (χ3n) is 13.1. The highest BCUT2D eigenvalue weighted by molar-refractivity contribution is 5.77. The molecular formula is C61H111NO5. The minimum absolute atomic E-state index is 0.0367. The molecule has 3 atom stereocenters. The molecule has 0 aliphatic rings. The Balaban J connectivity index is 4.66. The van der Waals surface area contributed by atoms with Crippen molar-refractivity contribution in [1.82, 2.24) is 5.32 Å². The molecule has 0 heterocycles. The molecule has 0 saturated heterocycles. The van der Waals surface area contributed by atoms with Crippen molar-refractivity contribution in [3.8, 4) is 0 Å². The van der Waals surface area contributed by atoms with Crippen molar-refractivity contribution in [1.29, 1.82) is 0 Å². The molecule has 0 radical (unpaired) electrons. The van der Waals surface area contributed by atoms with Gasteiger partial charge in [0.25, 0.3) is 0 Å². The molecule has 390 valence electrons. The Labute approximate surface area is 416 Å². The van der Waals surface area contributed by atoms with Gasteiger partial charge in [0.2, 0.25) is 5.91 Å². The predicted octanol–water partition coefficient (Wildman–Crippen LogP) is 18.0. The van der Waals surface area contributed by atoms with E-state index in [9.17, 15) is 19.8 Å². The minimum Gasteiger partial charge on any atom is -0.462 e. The fourth-order valence-corrected chi connectivity index (χ4v) is 8.65. The van der Waals surface area contributed by atoms with E-state index in [1.807, 2.05) is 0 Å². The first-order valence-electron chi connectivity index (χ1n) is 29.0. The van der Waals surface area contributed by atoms with E-state index in [0.717, 1.165) is 77.0 Å². The SMILES string of the molecule is CCCCC/C=C\C/C=C\C/C=C\C/C=C\CCCC(CC(=O)NC(CO)C(O)CCCCCCCCCCCCCCC)OC(=O)CCCCCCC/C=C/CCCCCCCCCCC. The Hall–Kier alpha value is -2.44. The number of allylic oxidation sites excluding steroid dienone is 10. The standard InChI is InChI=1S/C61H111NO5/c1-4-7-10-13-16-19-22-25-27-29-31-33-36-39-42-45-48-51-54-61(66)67-57(52-49-46-43-40-37-35-32-30-28-26-23-20-17-14-11-8-5-2)55-60(65)62-58(56-63)59(64)53-50-47-44-41-38-34-24-21-18-15-12-9-6-3/h17,20,26,28,31-33,35,40,43,57-59,63-64H,4-16,18-19,21-25,27,29-30,34,36-39,41-42,44-56H2,1-3H3,(H,62,65)/b20-17-,28-26-,33-31+,35-32-,43-40-. The monoisotopic (exact) mass is 938 g/mol. The van der Waals surface area contributed by atoms with Crippen LogP contribution in [0.4, 0.5) is 0 Å². The fourth-order valence-electron chi connectivity index (χ4n) is 8.65. The van der Waals surface area contributed by atoms with Gasteiger partial charge >= 0.3 is 5.97 Å². The zero-order valence-corrected chi connectivity index (χ0v) is 44.5. The van der Waals surface area contributed by atoms with Gasteiger partial charge in [0.15, 0.2) is 0 Å². The zero-order valence-electron chi connectivity index (χ0n) is 44.5. The van der Waals surface area contributed by atoms with Crippen LogP contribution >= 0.6 is 0 Å². The molecule has 6 nitrogen and oxygen atoms in total. The third-order valence-corrected chi connectivity index (χ3v) is 13.1. The summed E-state index contributed by atoms with van der Waals surface area (Å²) in [6.07, 6.45) is 68.6. The fraction of sp³-hybridized carbons (Fsp3) is 0.803. The van der Waals surface area contributed by atoms with Crippen LogP contribution in [0.5, 0.6) is 0 Å². The molecule has 0 bridgehead atoms. The van der Waals surface area contributed by atoms with Gasteiger partial charge in [0, 0.05) is 6.42 Å². The Morgan fingerprint density at radius 1 is 0.433 bits per heavy atom. The summed E-state index contributed by atoms with van der Waals surface area (Å²) in [4.78, 5) is 26.3. The summed E-state index contributed by atoms with van der Waals surface area (Å²) in [5.74, 6) is -0.530. The maximum atomic E-state index is 13.3. The van der Waals surface area contributed by atoms with Gasteiger partial charge in [-0.15, -0.1) is 0 Å². The van der Waals surface area contributed by atoms with Crippen molar-refractivity contribution in [3.05, 3.63) is 60.8 Å². The van der Waals surface area contributed by atoms with Crippen LogP contribution < -0.4 is 5.32 Å². The lowest BCUT2D eigenvalue weighted by Gasteiger charge is -2.24. The normalized spacial score (nSPS) is 13.6. The van der Waals surface area contributed by atoms with Crippen LogP contribution in [0.15, 0.2) is 60.8 Å². The molecule has 0 aliphatic carbocycles. The van der Waals surface area contributed by atoms with Crippen LogP contribution in [0.1, 0.15) is 290 Å². The molecule has 6 heteroatoms. The molecule has 3 N–H and O–H groups in total. The topological polar surface area (TPSA) is 95.9 Å². The summed E-state index contributed by atoms with van der Waals surface area (Å²) in [7, 11) is 0. The molecule has 0 aliphatic heterocycles. The smallest absolute Gasteiger partial charge is 0.306 e. The summed E-state index contributed by atoms with van der Waals surface area (Å²) in [6.45, 7) is 6.46. The summed E-state index contributed by atoms with van der Waals surface area (Å²) >= 11 is 0.